The number of hydrogen-bond acceptors (Lipinski definition) is 3. The quantitative estimate of drug-likeness (QED) is 0.405. The van der Waals surface area contributed by atoms with Crippen LogP contribution in [0.4, 0.5) is 9.59 Å². The minimum Gasteiger partial charge on any atom is -0.352 e. The second-order valence-electron chi connectivity index (χ2n) is 2.32. The molecule has 4 N–H and O–H groups in total. The van der Waals surface area contributed by atoms with Gasteiger partial charge in [-0.05, 0) is 0 Å². The number of imide groups is 1. The molecule has 0 unspecified atom stereocenters. The molecule has 0 spiro atoms. The Morgan fingerprint density at radius 3 is 2.58 bits per heavy atom. The van der Waals surface area contributed by atoms with E-state index in [0.29, 0.717) is 0 Å². The molecule has 1 saturated heterocycles. The third kappa shape index (κ3) is 1.29. The summed E-state index contributed by atoms with van der Waals surface area (Å²) in [6.07, 6.45) is -0.991. The number of rotatable bonds is 1. The molecule has 7 nitrogen and oxygen atoms in total. The van der Waals surface area contributed by atoms with Crippen molar-refractivity contribution in [3.8, 4) is 0 Å². The highest BCUT2D eigenvalue weighted by Crippen LogP contribution is 2.01. The van der Waals surface area contributed by atoms with E-state index in [0.717, 1.165) is 4.90 Å². The lowest BCUT2D eigenvalue weighted by molar-refractivity contribution is -0.121. The van der Waals surface area contributed by atoms with Crippen LogP contribution in [0.25, 0.3) is 0 Å². The van der Waals surface area contributed by atoms with E-state index in [1.807, 2.05) is 5.32 Å². The molecule has 0 radical (unpaired) electrons. The van der Waals surface area contributed by atoms with Gasteiger partial charge in [0, 0.05) is 7.05 Å². The first-order valence-corrected chi connectivity index (χ1v) is 3.16. The molecule has 1 atom stereocenters. The fourth-order valence-corrected chi connectivity index (χ4v) is 0.852. The number of urea groups is 2. The van der Waals surface area contributed by atoms with Gasteiger partial charge in [0.2, 0.25) is 0 Å². The fraction of sp³-hybridized carbons (Fsp3) is 0.400. The Kier molecular flexibility index (Phi) is 1.86. The Balaban J connectivity index is 2.70. The molecular weight excluding hydrogens is 164 g/mol. The molecule has 12 heavy (non-hydrogen) atoms. The van der Waals surface area contributed by atoms with E-state index in [1.54, 1.807) is 0 Å². The van der Waals surface area contributed by atoms with Crippen LogP contribution in [-0.2, 0) is 4.79 Å². The number of nitrogens with one attached hydrogen (secondary N) is 2. The molecule has 0 aromatic rings. The highest BCUT2D eigenvalue weighted by Gasteiger charge is 2.36. The normalized spacial score (nSPS) is 22.4. The van der Waals surface area contributed by atoms with Crippen molar-refractivity contribution in [3.05, 3.63) is 0 Å². The van der Waals surface area contributed by atoms with E-state index >= 15 is 0 Å². The van der Waals surface area contributed by atoms with Crippen molar-refractivity contribution in [1.29, 1.82) is 0 Å². The van der Waals surface area contributed by atoms with Gasteiger partial charge in [-0.1, -0.05) is 0 Å². The van der Waals surface area contributed by atoms with Crippen molar-refractivity contribution in [1.82, 2.24) is 15.5 Å². The number of nitrogens with zero attached hydrogens (tertiary/aromatic N) is 1. The average Bonchev–Trinajstić information content (AvgIpc) is 2.16. The van der Waals surface area contributed by atoms with Gasteiger partial charge in [-0.2, -0.15) is 0 Å². The molecule has 0 saturated carbocycles. The monoisotopic (exact) mass is 172 g/mol. The van der Waals surface area contributed by atoms with Crippen LogP contribution >= 0.6 is 0 Å². The van der Waals surface area contributed by atoms with Crippen LogP contribution in [0.2, 0.25) is 0 Å². The zero-order valence-corrected chi connectivity index (χ0v) is 6.33. The van der Waals surface area contributed by atoms with Gasteiger partial charge in [0.05, 0.1) is 0 Å². The SMILES string of the molecule is CN1C(=O)NC(=O)[C@H]1NC(N)=O. The summed E-state index contributed by atoms with van der Waals surface area (Å²) in [5, 5.41) is 4.10. The summed E-state index contributed by atoms with van der Waals surface area (Å²) < 4.78 is 0. The largest absolute Gasteiger partial charge is 0.352 e. The number of likely N-dealkylation sites (N-methyl/N-ethyl adjacent to an activating group) is 1. The van der Waals surface area contributed by atoms with Gasteiger partial charge in [-0.15, -0.1) is 0 Å². The minimum absolute atomic E-state index is 0.557. The molecular formula is C5H8N4O3. The van der Waals surface area contributed by atoms with Gasteiger partial charge >= 0.3 is 12.1 Å². The Morgan fingerprint density at radius 2 is 2.25 bits per heavy atom. The lowest BCUT2D eigenvalue weighted by atomic mass is 10.4. The van der Waals surface area contributed by atoms with Crippen molar-refractivity contribution in [3.63, 3.8) is 0 Å². The third-order valence-corrected chi connectivity index (χ3v) is 1.47. The number of amides is 5. The molecule has 0 aliphatic carbocycles. The van der Waals surface area contributed by atoms with E-state index in [1.165, 1.54) is 7.05 Å². The Bertz CT molecular complexity index is 251. The second kappa shape index (κ2) is 2.68. The van der Waals surface area contributed by atoms with Gasteiger partial charge in [-0.3, -0.25) is 15.0 Å². The maximum atomic E-state index is 10.9. The van der Waals surface area contributed by atoms with Gasteiger partial charge in [-0.25, -0.2) is 9.59 Å². The van der Waals surface area contributed by atoms with Crippen molar-refractivity contribution in [2.45, 2.75) is 6.17 Å². The highest BCUT2D eigenvalue weighted by molar-refractivity contribution is 6.04. The molecule has 5 amide bonds. The number of carbonyl (C=O) groups excluding carboxylic acids is 3. The highest BCUT2D eigenvalue weighted by atomic mass is 16.2. The van der Waals surface area contributed by atoms with Crippen molar-refractivity contribution in [2.75, 3.05) is 7.05 Å². The predicted molar refractivity (Wildman–Crippen MR) is 37.8 cm³/mol. The summed E-state index contributed by atoms with van der Waals surface area (Å²) in [4.78, 5) is 33.1. The van der Waals surface area contributed by atoms with Gasteiger partial charge in [0.25, 0.3) is 5.91 Å². The second-order valence-corrected chi connectivity index (χ2v) is 2.32. The number of hydrogen-bond donors (Lipinski definition) is 3. The topological polar surface area (TPSA) is 105 Å². The Morgan fingerprint density at radius 1 is 1.67 bits per heavy atom. The smallest absolute Gasteiger partial charge is 0.325 e. The first-order valence-electron chi connectivity index (χ1n) is 3.16. The zero-order chi connectivity index (χ0) is 9.30. The van der Waals surface area contributed by atoms with Crippen LogP contribution in [0.3, 0.4) is 0 Å². The van der Waals surface area contributed by atoms with E-state index in [4.69, 9.17) is 5.73 Å². The Hall–Kier alpha value is -1.79. The standard InChI is InChI=1S/C5H8N4O3/c1-9-2(7-4(6)11)3(10)8-5(9)12/h2H,1H3,(H3,6,7,11)(H,8,10,12)/t2-/m0/s1. The van der Waals surface area contributed by atoms with Gasteiger partial charge in [0.15, 0.2) is 6.17 Å². The summed E-state index contributed by atoms with van der Waals surface area (Å²) in [7, 11) is 1.38. The maximum Gasteiger partial charge on any atom is 0.325 e. The number of primary amides is 1. The molecule has 1 rings (SSSR count). The summed E-state index contributed by atoms with van der Waals surface area (Å²) in [5.74, 6) is -0.582. The lowest BCUT2D eigenvalue weighted by Gasteiger charge is -2.15. The summed E-state index contributed by atoms with van der Waals surface area (Å²) in [6.45, 7) is 0. The maximum absolute atomic E-state index is 10.9. The number of nitrogens with two attached hydrogens (primary N) is 1. The molecule has 0 bridgehead atoms. The number of carbonyl (C=O) groups is 3. The van der Waals surface area contributed by atoms with Crippen molar-refractivity contribution in [2.24, 2.45) is 5.73 Å². The summed E-state index contributed by atoms with van der Waals surface area (Å²) in [6, 6.07) is -1.41. The predicted octanol–water partition coefficient (Wildman–Crippen LogP) is -1.84. The summed E-state index contributed by atoms with van der Waals surface area (Å²) >= 11 is 0. The van der Waals surface area contributed by atoms with Gasteiger partial charge < -0.3 is 11.1 Å². The van der Waals surface area contributed by atoms with Crippen LogP contribution in [0.5, 0.6) is 0 Å². The lowest BCUT2D eigenvalue weighted by Crippen LogP contribution is -2.49. The molecule has 7 heteroatoms. The van der Waals surface area contributed by atoms with Crippen LogP contribution in [0, 0.1) is 0 Å². The fourth-order valence-electron chi connectivity index (χ4n) is 0.852. The molecule has 0 aromatic heterocycles. The zero-order valence-electron chi connectivity index (χ0n) is 6.33. The van der Waals surface area contributed by atoms with Crippen LogP contribution in [0.1, 0.15) is 0 Å². The van der Waals surface area contributed by atoms with Crippen molar-refractivity contribution >= 4 is 18.0 Å². The van der Waals surface area contributed by atoms with Crippen molar-refractivity contribution < 1.29 is 14.4 Å². The van der Waals surface area contributed by atoms with E-state index < -0.39 is 24.1 Å². The molecule has 66 valence electrons. The molecule has 1 aliphatic heterocycles. The molecule has 1 fully saturated rings. The van der Waals surface area contributed by atoms with E-state index in [2.05, 4.69) is 5.32 Å². The first kappa shape index (κ1) is 8.31. The minimum atomic E-state index is -0.991. The Labute approximate surface area is 67.9 Å². The van der Waals surface area contributed by atoms with Crippen LogP contribution in [0.15, 0.2) is 0 Å². The van der Waals surface area contributed by atoms with Crippen LogP contribution in [-0.4, -0.2) is 36.1 Å². The molecule has 1 heterocycles. The van der Waals surface area contributed by atoms with E-state index in [9.17, 15) is 14.4 Å². The van der Waals surface area contributed by atoms with Gasteiger partial charge in [0.1, 0.15) is 0 Å². The first-order chi connectivity index (χ1) is 5.52. The molecule has 1 aliphatic rings. The summed E-state index contributed by atoms with van der Waals surface area (Å²) in [5.41, 5.74) is 4.77. The van der Waals surface area contributed by atoms with Crippen LogP contribution < -0.4 is 16.4 Å². The average molecular weight is 172 g/mol. The third-order valence-electron chi connectivity index (χ3n) is 1.47. The van der Waals surface area contributed by atoms with E-state index in [-0.39, 0.29) is 0 Å². The molecule has 0 aromatic carbocycles.